The maximum Gasteiger partial charge on any atom is 0.0997 e. The van der Waals surface area contributed by atoms with Gasteiger partial charge in [0, 0.05) is 32.0 Å². The minimum Gasteiger partial charge on any atom is -0.381 e. The number of hydrogen-bond donors (Lipinski definition) is 1. The molecule has 2 unspecified atom stereocenters. The van der Waals surface area contributed by atoms with Crippen molar-refractivity contribution in [2.45, 2.75) is 32.4 Å². The maximum atomic E-state index is 5.45. The molecule has 0 amide bonds. The van der Waals surface area contributed by atoms with Gasteiger partial charge >= 0.3 is 0 Å². The van der Waals surface area contributed by atoms with Crippen LogP contribution in [0, 0.1) is 5.92 Å². The molecule has 2 atom stereocenters. The van der Waals surface area contributed by atoms with Crippen molar-refractivity contribution in [3.05, 3.63) is 11.4 Å². The van der Waals surface area contributed by atoms with E-state index in [2.05, 4.69) is 27.2 Å². The zero-order valence-corrected chi connectivity index (χ0v) is 9.65. The number of nitrogens with one attached hydrogen (secondary N) is 1. The van der Waals surface area contributed by atoms with Crippen molar-refractivity contribution in [1.82, 2.24) is 20.3 Å². The highest BCUT2D eigenvalue weighted by atomic mass is 16.5. The molecule has 5 heteroatoms. The first-order valence-electron chi connectivity index (χ1n) is 6.07. The second-order valence-electron chi connectivity index (χ2n) is 4.72. The number of ether oxygens (including phenoxy) is 1. The molecule has 2 aliphatic rings. The van der Waals surface area contributed by atoms with Crippen molar-refractivity contribution in [3.63, 3.8) is 0 Å². The predicted molar refractivity (Wildman–Crippen MR) is 59.1 cm³/mol. The predicted octanol–water partition coefficient (Wildman–Crippen LogP) is 0.521. The first-order valence-corrected chi connectivity index (χ1v) is 6.07. The van der Waals surface area contributed by atoms with E-state index < -0.39 is 0 Å². The second-order valence-corrected chi connectivity index (χ2v) is 4.72. The van der Waals surface area contributed by atoms with Gasteiger partial charge in [-0.25, -0.2) is 4.68 Å². The Kier molecular flexibility index (Phi) is 2.65. The molecule has 16 heavy (non-hydrogen) atoms. The van der Waals surface area contributed by atoms with E-state index in [1.165, 1.54) is 5.69 Å². The Hall–Kier alpha value is -0.940. The van der Waals surface area contributed by atoms with Crippen LogP contribution in [-0.4, -0.2) is 34.8 Å². The van der Waals surface area contributed by atoms with E-state index in [0.29, 0.717) is 12.0 Å². The van der Waals surface area contributed by atoms with Crippen LogP contribution in [0.1, 0.15) is 30.8 Å². The van der Waals surface area contributed by atoms with Gasteiger partial charge in [0.1, 0.15) is 0 Å². The van der Waals surface area contributed by atoms with Crippen molar-refractivity contribution in [2.24, 2.45) is 5.92 Å². The van der Waals surface area contributed by atoms with E-state index in [0.717, 1.165) is 44.8 Å². The molecule has 0 aromatic carbocycles. The summed E-state index contributed by atoms with van der Waals surface area (Å²) >= 11 is 0. The molecular weight excluding hydrogens is 204 g/mol. The Balaban J connectivity index is 1.85. The molecule has 0 radical (unpaired) electrons. The van der Waals surface area contributed by atoms with Crippen molar-refractivity contribution in [1.29, 1.82) is 0 Å². The summed E-state index contributed by atoms with van der Waals surface area (Å²) in [5.74, 6) is 0.598. The van der Waals surface area contributed by atoms with Crippen LogP contribution in [0.2, 0.25) is 0 Å². The van der Waals surface area contributed by atoms with Gasteiger partial charge in [-0.15, -0.1) is 5.10 Å². The summed E-state index contributed by atoms with van der Waals surface area (Å²) in [5, 5.41) is 11.9. The third-order valence-corrected chi connectivity index (χ3v) is 3.74. The fourth-order valence-corrected chi connectivity index (χ4v) is 2.62. The van der Waals surface area contributed by atoms with Gasteiger partial charge in [-0.05, 0) is 13.3 Å². The molecule has 0 saturated carbocycles. The highest BCUT2D eigenvalue weighted by Gasteiger charge is 2.27. The van der Waals surface area contributed by atoms with Gasteiger partial charge in [-0.3, -0.25) is 0 Å². The summed E-state index contributed by atoms with van der Waals surface area (Å²) in [6.07, 6.45) is 2.19. The van der Waals surface area contributed by atoms with Gasteiger partial charge in [0.2, 0.25) is 0 Å². The molecule has 5 nitrogen and oxygen atoms in total. The zero-order valence-electron chi connectivity index (χ0n) is 9.65. The molecule has 0 spiro atoms. The Labute approximate surface area is 95.2 Å². The topological polar surface area (TPSA) is 52.0 Å². The van der Waals surface area contributed by atoms with Crippen LogP contribution in [0.4, 0.5) is 0 Å². The van der Waals surface area contributed by atoms with Crippen LogP contribution in [0.25, 0.3) is 0 Å². The zero-order chi connectivity index (χ0) is 11.0. The minimum absolute atomic E-state index is 0.414. The smallest absolute Gasteiger partial charge is 0.0997 e. The summed E-state index contributed by atoms with van der Waals surface area (Å²) in [7, 11) is 0. The van der Waals surface area contributed by atoms with Crippen molar-refractivity contribution >= 4 is 0 Å². The second kappa shape index (κ2) is 4.14. The highest BCUT2D eigenvalue weighted by molar-refractivity contribution is 5.14. The van der Waals surface area contributed by atoms with Gasteiger partial charge < -0.3 is 10.1 Å². The molecule has 1 saturated heterocycles. The Morgan fingerprint density at radius 2 is 2.50 bits per heavy atom. The summed E-state index contributed by atoms with van der Waals surface area (Å²) < 4.78 is 7.57. The monoisotopic (exact) mass is 222 g/mol. The molecular formula is C11H18N4O. The van der Waals surface area contributed by atoms with Crippen LogP contribution in [0.5, 0.6) is 0 Å². The lowest BCUT2D eigenvalue weighted by molar-refractivity contribution is 0.172. The summed E-state index contributed by atoms with van der Waals surface area (Å²) in [4.78, 5) is 0. The third-order valence-electron chi connectivity index (χ3n) is 3.74. The van der Waals surface area contributed by atoms with E-state index in [4.69, 9.17) is 4.74 Å². The van der Waals surface area contributed by atoms with E-state index in [1.807, 2.05) is 0 Å². The van der Waals surface area contributed by atoms with E-state index in [9.17, 15) is 0 Å². The Bertz CT molecular complexity index is 370. The largest absolute Gasteiger partial charge is 0.381 e. The lowest BCUT2D eigenvalue weighted by Crippen LogP contribution is -2.27. The molecule has 2 aliphatic heterocycles. The highest BCUT2D eigenvalue weighted by Crippen LogP contribution is 2.27. The minimum atomic E-state index is 0.414. The lowest BCUT2D eigenvalue weighted by atomic mass is 10.00. The van der Waals surface area contributed by atoms with Crippen molar-refractivity contribution in [2.75, 3.05) is 19.8 Å². The molecule has 1 aromatic rings. The molecule has 1 N–H and O–H groups in total. The van der Waals surface area contributed by atoms with Gasteiger partial charge in [0.15, 0.2) is 0 Å². The number of aromatic nitrogens is 3. The van der Waals surface area contributed by atoms with E-state index in [1.54, 1.807) is 0 Å². The fourth-order valence-electron chi connectivity index (χ4n) is 2.62. The van der Waals surface area contributed by atoms with Crippen LogP contribution in [-0.2, 0) is 17.7 Å². The average Bonchev–Trinajstić information content (AvgIpc) is 2.98. The summed E-state index contributed by atoms with van der Waals surface area (Å²) in [6, 6.07) is 0.414. The molecule has 0 bridgehead atoms. The van der Waals surface area contributed by atoms with Gasteiger partial charge in [-0.2, -0.15) is 0 Å². The molecule has 1 aromatic heterocycles. The molecule has 3 heterocycles. The normalized spacial score (nSPS) is 26.7. The number of rotatable bonds is 2. The van der Waals surface area contributed by atoms with E-state index in [-0.39, 0.29) is 0 Å². The van der Waals surface area contributed by atoms with Gasteiger partial charge in [0.05, 0.1) is 24.0 Å². The quantitative estimate of drug-likeness (QED) is 0.792. The number of hydrogen-bond acceptors (Lipinski definition) is 4. The third kappa shape index (κ3) is 1.64. The van der Waals surface area contributed by atoms with Crippen molar-refractivity contribution < 1.29 is 4.74 Å². The Morgan fingerprint density at radius 3 is 3.31 bits per heavy atom. The molecule has 0 aliphatic carbocycles. The Morgan fingerprint density at radius 1 is 1.56 bits per heavy atom. The van der Waals surface area contributed by atoms with Crippen molar-refractivity contribution in [3.8, 4) is 0 Å². The van der Waals surface area contributed by atoms with Crippen LogP contribution in [0.15, 0.2) is 0 Å². The fraction of sp³-hybridized carbons (Fsp3) is 0.818. The lowest BCUT2D eigenvalue weighted by Gasteiger charge is -2.21. The van der Waals surface area contributed by atoms with Gasteiger partial charge in [0.25, 0.3) is 0 Å². The number of fused-ring (bicyclic) bond motifs is 1. The van der Waals surface area contributed by atoms with Crippen LogP contribution < -0.4 is 5.32 Å². The SMILES string of the molecule is CC(C1CCOC1)n1nnc2c1CCNC2. The summed E-state index contributed by atoms with van der Waals surface area (Å²) in [5.41, 5.74) is 2.44. The van der Waals surface area contributed by atoms with Crippen LogP contribution in [0.3, 0.4) is 0 Å². The molecule has 88 valence electrons. The van der Waals surface area contributed by atoms with E-state index >= 15 is 0 Å². The molecule has 3 rings (SSSR count). The first-order chi connectivity index (χ1) is 7.86. The first kappa shape index (κ1) is 10.2. The number of nitrogens with zero attached hydrogens (tertiary/aromatic N) is 3. The average molecular weight is 222 g/mol. The molecule has 1 fully saturated rings. The summed E-state index contributed by atoms with van der Waals surface area (Å²) in [6.45, 7) is 5.90. The van der Waals surface area contributed by atoms with Gasteiger partial charge in [-0.1, -0.05) is 5.21 Å². The van der Waals surface area contributed by atoms with Crippen LogP contribution >= 0.6 is 0 Å². The maximum absolute atomic E-state index is 5.45. The standard InChI is InChI=1S/C11H18N4O/c1-8(9-3-5-16-7-9)15-11-2-4-12-6-10(11)13-14-15/h8-9,12H,2-7H2,1H3.